The molecule has 0 aromatic carbocycles. The SMILES string of the molecule is COc1cc(N2CCN(C(=O)OC(C)(C)C)CC2)cnc1CO[Si](C)(C)C(C)(C)C. The van der Waals surface area contributed by atoms with Gasteiger partial charge in [0.05, 0.1) is 25.6 Å². The van der Waals surface area contributed by atoms with Gasteiger partial charge in [0, 0.05) is 32.2 Å². The fourth-order valence-electron chi connectivity index (χ4n) is 2.86. The zero-order valence-electron chi connectivity index (χ0n) is 20.2. The Balaban J connectivity index is 2.01. The van der Waals surface area contributed by atoms with E-state index in [1.807, 2.05) is 33.0 Å². The van der Waals surface area contributed by atoms with Crippen LogP contribution >= 0.6 is 0 Å². The van der Waals surface area contributed by atoms with Gasteiger partial charge in [0.2, 0.25) is 0 Å². The van der Waals surface area contributed by atoms with Crippen LogP contribution in [0.3, 0.4) is 0 Å². The summed E-state index contributed by atoms with van der Waals surface area (Å²) in [6.07, 6.45) is 1.62. The van der Waals surface area contributed by atoms with Gasteiger partial charge < -0.3 is 23.7 Å². The van der Waals surface area contributed by atoms with Gasteiger partial charge in [-0.2, -0.15) is 0 Å². The summed E-state index contributed by atoms with van der Waals surface area (Å²) in [4.78, 5) is 20.9. The summed E-state index contributed by atoms with van der Waals surface area (Å²) < 4.78 is 17.4. The van der Waals surface area contributed by atoms with E-state index in [2.05, 4.69) is 43.7 Å². The number of carbonyl (C=O) groups is 1. The number of ether oxygens (including phenoxy) is 2. The average Bonchev–Trinajstić information content (AvgIpc) is 2.64. The minimum absolute atomic E-state index is 0.147. The number of rotatable bonds is 5. The predicted molar refractivity (Wildman–Crippen MR) is 123 cm³/mol. The molecule has 0 saturated carbocycles. The minimum atomic E-state index is -1.86. The summed E-state index contributed by atoms with van der Waals surface area (Å²) in [5.74, 6) is 0.737. The first-order chi connectivity index (χ1) is 13.7. The summed E-state index contributed by atoms with van der Waals surface area (Å²) >= 11 is 0. The number of pyridine rings is 1. The van der Waals surface area contributed by atoms with Crippen molar-refractivity contribution in [2.45, 2.75) is 71.9 Å². The topological polar surface area (TPSA) is 64.1 Å². The second kappa shape index (κ2) is 9.14. The standard InChI is InChI=1S/C22H39N3O4Si/c1-21(2,3)29-20(26)25-12-10-24(11-13-25)17-14-19(27-7)18(23-15-17)16-28-30(8,9)22(4,5)6/h14-15H,10-13,16H2,1-9H3. The molecule has 0 bridgehead atoms. The largest absolute Gasteiger partial charge is 0.495 e. The third-order valence-corrected chi connectivity index (χ3v) is 10.3. The number of carbonyl (C=O) groups excluding carboxylic acids is 1. The molecule has 1 fully saturated rings. The van der Waals surface area contributed by atoms with Crippen LogP contribution < -0.4 is 9.64 Å². The van der Waals surface area contributed by atoms with Crippen molar-refractivity contribution in [1.82, 2.24) is 9.88 Å². The van der Waals surface area contributed by atoms with Crippen LogP contribution in [-0.4, -0.2) is 63.2 Å². The van der Waals surface area contributed by atoms with Gasteiger partial charge in [0.25, 0.3) is 0 Å². The van der Waals surface area contributed by atoms with Gasteiger partial charge in [-0.3, -0.25) is 4.98 Å². The fraction of sp³-hybridized carbons (Fsp3) is 0.727. The van der Waals surface area contributed by atoms with Crippen molar-refractivity contribution in [3.63, 3.8) is 0 Å². The van der Waals surface area contributed by atoms with Gasteiger partial charge in [0.15, 0.2) is 8.32 Å². The Hall–Kier alpha value is -1.80. The van der Waals surface area contributed by atoms with Crippen LogP contribution in [0.4, 0.5) is 10.5 Å². The van der Waals surface area contributed by atoms with E-state index < -0.39 is 13.9 Å². The lowest BCUT2D eigenvalue weighted by molar-refractivity contribution is 0.0240. The Morgan fingerprint density at radius 1 is 1.10 bits per heavy atom. The van der Waals surface area contributed by atoms with Gasteiger partial charge in [-0.15, -0.1) is 0 Å². The second-order valence-corrected chi connectivity index (χ2v) is 15.2. The summed E-state index contributed by atoms with van der Waals surface area (Å²) in [5.41, 5.74) is 1.33. The van der Waals surface area contributed by atoms with E-state index in [-0.39, 0.29) is 11.1 Å². The van der Waals surface area contributed by atoms with Crippen LogP contribution in [0.5, 0.6) is 5.75 Å². The maximum absolute atomic E-state index is 12.3. The Kier molecular flexibility index (Phi) is 7.45. The number of hydrogen-bond acceptors (Lipinski definition) is 6. The fourth-order valence-corrected chi connectivity index (χ4v) is 3.79. The Bertz CT molecular complexity index is 733. The first kappa shape index (κ1) is 24.5. The predicted octanol–water partition coefficient (Wildman–Crippen LogP) is 4.67. The highest BCUT2D eigenvalue weighted by atomic mass is 28.4. The molecular weight excluding hydrogens is 398 g/mol. The van der Waals surface area contributed by atoms with E-state index in [0.717, 1.165) is 30.2 Å². The van der Waals surface area contributed by atoms with E-state index in [1.165, 1.54) is 0 Å². The van der Waals surface area contributed by atoms with Gasteiger partial charge in [-0.05, 0) is 38.9 Å². The number of methoxy groups -OCH3 is 1. The summed E-state index contributed by atoms with van der Waals surface area (Å²) in [7, 11) is -0.196. The maximum Gasteiger partial charge on any atom is 0.410 e. The van der Waals surface area contributed by atoms with E-state index in [4.69, 9.17) is 13.9 Å². The van der Waals surface area contributed by atoms with Crippen LogP contribution in [0, 0.1) is 0 Å². The Morgan fingerprint density at radius 3 is 2.20 bits per heavy atom. The van der Waals surface area contributed by atoms with E-state index in [9.17, 15) is 4.79 Å². The van der Waals surface area contributed by atoms with Crippen molar-refractivity contribution >= 4 is 20.1 Å². The molecule has 0 N–H and O–H groups in total. The van der Waals surface area contributed by atoms with Crippen molar-refractivity contribution in [3.8, 4) is 5.75 Å². The second-order valence-electron chi connectivity index (χ2n) is 10.3. The number of amides is 1. The highest BCUT2D eigenvalue weighted by Gasteiger charge is 2.37. The van der Waals surface area contributed by atoms with Crippen LogP contribution in [0.1, 0.15) is 47.2 Å². The number of anilines is 1. The molecule has 2 rings (SSSR count). The molecule has 0 radical (unpaired) electrons. The smallest absolute Gasteiger partial charge is 0.410 e. The average molecular weight is 438 g/mol. The monoisotopic (exact) mass is 437 g/mol. The first-order valence-electron chi connectivity index (χ1n) is 10.6. The third-order valence-electron chi connectivity index (χ3n) is 5.81. The van der Waals surface area contributed by atoms with Gasteiger partial charge in [-0.1, -0.05) is 20.8 Å². The van der Waals surface area contributed by atoms with Crippen LogP contribution in [0.2, 0.25) is 18.1 Å². The van der Waals surface area contributed by atoms with E-state index >= 15 is 0 Å². The lowest BCUT2D eigenvalue weighted by Crippen LogP contribution is -2.50. The molecule has 170 valence electrons. The molecule has 1 saturated heterocycles. The van der Waals surface area contributed by atoms with Crippen molar-refractivity contribution in [2.75, 3.05) is 38.2 Å². The highest BCUT2D eigenvalue weighted by Crippen LogP contribution is 2.37. The van der Waals surface area contributed by atoms with Crippen LogP contribution in [0.25, 0.3) is 0 Å². The number of aromatic nitrogens is 1. The normalized spacial score (nSPS) is 15.9. The maximum atomic E-state index is 12.3. The molecule has 1 aromatic heterocycles. The van der Waals surface area contributed by atoms with Crippen LogP contribution in [-0.2, 0) is 15.8 Å². The molecule has 0 unspecified atom stereocenters. The van der Waals surface area contributed by atoms with Crippen molar-refractivity contribution < 1.29 is 18.7 Å². The summed E-state index contributed by atoms with van der Waals surface area (Å²) in [6.45, 7) is 19.9. The molecule has 1 amide bonds. The third kappa shape index (κ3) is 6.35. The van der Waals surface area contributed by atoms with E-state index in [0.29, 0.717) is 19.7 Å². The number of piperazine rings is 1. The Labute approximate surface area is 182 Å². The van der Waals surface area contributed by atoms with E-state index in [1.54, 1.807) is 12.0 Å². The molecule has 1 aromatic rings. The zero-order chi connectivity index (χ0) is 22.7. The van der Waals surface area contributed by atoms with Crippen molar-refractivity contribution in [1.29, 1.82) is 0 Å². The molecule has 0 aliphatic carbocycles. The first-order valence-corrected chi connectivity index (χ1v) is 13.5. The molecule has 0 spiro atoms. The zero-order valence-corrected chi connectivity index (χ0v) is 21.2. The molecule has 1 aliphatic rings. The number of hydrogen-bond donors (Lipinski definition) is 0. The lowest BCUT2D eigenvalue weighted by atomic mass is 10.2. The molecule has 2 heterocycles. The van der Waals surface area contributed by atoms with Gasteiger partial charge >= 0.3 is 6.09 Å². The summed E-state index contributed by atoms with van der Waals surface area (Å²) in [6, 6.07) is 2.01. The van der Waals surface area contributed by atoms with Gasteiger partial charge in [-0.25, -0.2) is 4.79 Å². The van der Waals surface area contributed by atoms with Crippen molar-refractivity contribution in [3.05, 3.63) is 18.0 Å². The van der Waals surface area contributed by atoms with Crippen LogP contribution in [0.15, 0.2) is 12.3 Å². The molecular formula is C22H39N3O4Si. The minimum Gasteiger partial charge on any atom is -0.495 e. The molecule has 1 aliphatic heterocycles. The van der Waals surface area contributed by atoms with Crippen molar-refractivity contribution in [2.24, 2.45) is 0 Å². The number of nitrogens with zero attached hydrogens (tertiary/aromatic N) is 3. The van der Waals surface area contributed by atoms with Gasteiger partial charge in [0.1, 0.15) is 17.0 Å². The molecule has 8 heteroatoms. The quantitative estimate of drug-likeness (QED) is 0.624. The molecule has 30 heavy (non-hydrogen) atoms. The summed E-state index contributed by atoms with van der Waals surface area (Å²) in [5, 5.41) is 0.147. The Morgan fingerprint density at radius 2 is 1.70 bits per heavy atom. The highest BCUT2D eigenvalue weighted by molar-refractivity contribution is 6.74. The molecule has 7 nitrogen and oxygen atoms in total. The lowest BCUT2D eigenvalue weighted by Gasteiger charge is -2.37. The molecule has 0 atom stereocenters.